The largest absolute Gasteiger partial charge is 0.530 e. The lowest BCUT2D eigenvalue weighted by molar-refractivity contribution is -0.182. The van der Waals surface area contributed by atoms with Crippen LogP contribution in [0.5, 0.6) is 5.75 Å². The molecule has 3 aliphatic rings. The molecule has 0 radical (unpaired) electrons. The molecular weight excluding hydrogens is 583 g/mol. The lowest BCUT2D eigenvalue weighted by Crippen LogP contribution is -2.62. The summed E-state index contributed by atoms with van der Waals surface area (Å²) in [5.74, 6) is -1.59. The Morgan fingerprint density at radius 2 is 1.11 bits per heavy atom. The second-order valence-corrected chi connectivity index (χ2v) is 15.0. The third-order valence-corrected chi connectivity index (χ3v) is 10.0. The molecule has 10 heteroatoms. The molecule has 0 aromatic heterocycles. The van der Waals surface area contributed by atoms with E-state index >= 15 is 0 Å². The zero-order valence-corrected chi connectivity index (χ0v) is 28.5. The summed E-state index contributed by atoms with van der Waals surface area (Å²) in [6, 6.07) is 8.85. The zero-order valence-electron chi connectivity index (χ0n) is 27.6. The van der Waals surface area contributed by atoms with Crippen LogP contribution in [0.25, 0.3) is 0 Å². The fourth-order valence-electron chi connectivity index (χ4n) is 6.48. The third-order valence-electron chi connectivity index (χ3n) is 8.61. The Morgan fingerprint density at radius 3 is 1.59 bits per heavy atom. The number of benzene rings is 1. The Balaban J connectivity index is 1.28. The molecule has 2 aliphatic heterocycles. The van der Waals surface area contributed by atoms with Crippen LogP contribution in [0.3, 0.4) is 0 Å². The van der Waals surface area contributed by atoms with E-state index in [4.69, 9.17) is 32.5 Å². The fraction of sp³-hybridized carbons (Fsp3) is 0.824. The predicted octanol–water partition coefficient (Wildman–Crippen LogP) is 8.47. The molecule has 0 bridgehead atoms. The summed E-state index contributed by atoms with van der Waals surface area (Å²) in [7, 11) is -4.15. The second-order valence-electron chi connectivity index (χ2n) is 13.5. The molecule has 1 saturated carbocycles. The third kappa shape index (κ3) is 10.5. The first-order chi connectivity index (χ1) is 21.0. The number of para-hydroxylation sites is 1. The summed E-state index contributed by atoms with van der Waals surface area (Å²) < 4.78 is 56.7. The molecule has 2 heterocycles. The Hall–Kier alpha value is -1.03. The Morgan fingerprint density at radius 1 is 0.682 bits per heavy atom. The summed E-state index contributed by atoms with van der Waals surface area (Å²) in [6.07, 6.45) is 12.5. The minimum absolute atomic E-state index is 0.228. The number of aliphatic hydroxyl groups is 1. The van der Waals surface area contributed by atoms with Crippen molar-refractivity contribution in [2.75, 3.05) is 6.61 Å². The molecule has 1 aromatic rings. The molecule has 1 N–H and O–H groups in total. The van der Waals surface area contributed by atoms with Crippen LogP contribution >= 0.6 is 7.82 Å². The lowest BCUT2D eigenvalue weighted by atomic mass is 9.85. The molecule has 1 aromatic carbocycles. The van der Waals surface area contributed by atoms with Gasteiger partial charge in [-0.2, -0.15) is 0 Å². The van der Waals surface area contributed by atoms with E-state index in [-0.39, 0.29) is 6.61 Å². The van der Waals surface area contributed by atoms with Crippen molar-refractivity contribution in [3.63, 3.8) is 0 Å². The second kappa shape index (κ2) is 16.7. The highest BCUT2D eigenvalue weighted by atomic mass is 31.2. The van der Waals surface area contributed by atoms with Crippen molar-refractivity contribution in [2.45, 2.75) is 173 Å². The van der Waals surface area contributed by atoms with E-state index in [0.717, 1.165) is 19.3 Å². The maximum absolute atomic E-state index is 14.2. The van der Waals surface area contributed by atoms with E-state index in [1.165, 1.54) is 70.6 Å². The van der Waals surface area contributed by atoms with E-state index in [2.05, 4.69) is 6.92 Å². The standard InChI is InChI=1S/C34H57O9P/c1-6-7-8-9-10-11-12-13-14-15-16-17-18-22-25-37-44(36,42-26-23-20-19-21-24-26)43-32-30-28(38-33(2,3)40-30)27(35)29-31(32)41-34(4,5)39-29/h19-21,23-24,27-32,35H,6-18,22,25H2,1-5H3/t27?,28-,29+,30-,31-,32?,44?/m1/s1. The van der Waals surface area contributed by atoms with Crippen LogP contribution in [0.15, 0.2) is 30.3 Å². The molecule has 7 atom stereocenters. The average molecular weight is 641 g/mol. The molecule has 0 spiro atoms. The van der Waals surface area contributed by atoms with Gasteiger partial charge in [0.2, 0.25) is 0 Å². The molecule has 3 unspecified atom stereocenters. The predicted molar refractivity (Wildman–Crippen MR) is 169 cm³/mol. The van der Waals surface area contributed by atoms with Gasteiger partial charge in [-0.1, -0.05) is 109 Å². The maximum atomic E-state index is 14.2. The lowest BCUT2D eigenvalue weighted by Gasteiger charge is -2.41. The number of phosphoric acid groups is 1. The van der Waals surface area contributed by atoms with E-state index < -0.39 is 56.0 Å². The molecule has 3 fully saturated rings. The van der Waals surface area contributed by atoms with Crippen LogP contribution in [0, 0.1) is 0 Å². The number of hydrogen-bond donors (Lipinski definition) is 1. The topological polar surface area (TPSA) is 102 Å². The number of unbranched alkanes of at least 4 members (excludes halogenated alkanes) is 13. The van der Waals surface area contributed by atoms with Crippen LogP contribution in [0.2, 0.25) is 0 Å². The van der Waals surface area contributed by atoms with Gasteiger partial charge in [-0.15, -0.1) is 0 Å². The molecule has 252 valence electrons. The van der Waals surface area contributed by atoms with Gasteiger partial charge in [-0.3, -0.25) is 9.05 Å². The van der Waals surface area contributed by atoms with Gasteiger partial charge in [-0.05, 0) is 46.2 Å². The van der Waals surface area contributed by atoms with Gasteiger partial charge in [0, 0.05) is 0 Å². The van der Waals surface area contributed by atoms with Crippen molar-refractivity contribution >= 4 is 7.82 Å². The number of rotatable bonds is 20. The summed E-state index contributed by atoms with van der Waals surface area (Å²) in [4.78, 5) is 0. The van der Waals surface area contributed by atoms with Crippen LogP contribution in [-0.4, -0.2) is 59.9 Å². The average Bonchev–Trinajstić information content (AvgIpc) is 3.48. The zero-order chi connectivity index (χ0) is 31.6. The maximum Gasteiger partial charge on any atom is 0.530 e. The van der Waals surface area contributed by atoms with Crippen LogP contribution in [-0.2, 0) is 32.6 Å². The monoisotopic (exact) mass is 640 g/mol. The molecule has 0 amide bonds. The summed E-state index contributed by atoms with van der Waals surface area (Å²) >= 11 is 0. The first kappa shape index (κ1) is 35.8. The van der Waals surface area contributed by atoms with E-state index in [0.29, 0.717) is 5.75 Å². The highest BCUT2D eigenvalue weighted by Gasteiger charge is 2.65. The molecule has 1 aliphatic carbocycles. The van der Waals surface area contributed by atoms with Crippen LogP contribution < -0.4 is 4.52 Å². The minimum atomic E-state index is -4.15. The van der Waals surface area contributed by atoms with Gasteiger partial charge in [0.1, 0.15) is 42.4 Å². The van der Waals surface area contributed by atoms with E-state index in [1.807, 2.05) is 6.07 Å². The fourth-order valence-corrected chi connectivity index (χ4v) is 7.90. The number of phosphoric ester groups is 1. The Kier molecular flexibility index (Phi) is 13.6. The van der Waals surface area contributed by atoms with Crippen molar-refractivity contribution in [3.05, 3.63) is 30.3 Å². The minimum Gasteiger partial charge on any atom is -0.404 e. The number of ether oxygens (including phenoxy) is 4. The Bertz CT molecular complexity index is 987. The molecular formula is C34H57O9P. The van der Waals surface area contributed by atoms with Crippen molar-refractivity contribution in [2.24, 2.45) is 0 Å². The van der Waals surface area contributed by atoms with Crippen molar-refractivity contribution < 1.29 is 42.2 Å². The summed E-state index contributed by atoms with van der Waals surface area (Å²) in [6.45, 7) is 9.56. The van der Waals surface area contributed by atoms with Crippen molar-refractivity contribution in [1.29, 1.82) is 0 Å². The van der Waals surface area contributed by atoms with Gasteiger partial charge >= 0.3 is 7.82 Å². The van der Waals surface area contributed by atoms with Crippen molar-refractivity contribution in [1.82, 2.24) is 0 Å². The molecule has 44 heavy (non-hydrogen) atoms. The van der Waals surface area contributed by atoms with Gasteiger partial charge < -0.3 is 28.6 Å². The highest BCUT2D eigenvalue weighted by Crippen LogP contribution is 2.55. The van der Waals surface area contributed by atoms with E-state index in [1.54, 1.807) is 52.0 Å². The summed E-state index contributed by atoms with van der Waals surface area (Å²) in [5.41, 5.74) is 0. The van der Waals surface area contributed by atoms with Gasteiger partial charge in [-0.25, -0.2) is 4.57 Å². The normalized spacial score (nSPS) is 30.0. The molecule has 9 nitrogen and oxygen atoms in total. The molecule has 4 rings (SSSR count). The first-order valence-electron chi connectivity index (χ1n) is 17.1. The van der Waals surface area contributed by atoms with Crippen molar-refractivity contribution in [3.8, 4) is 5.75 Å². The quantitative estimate of drug-likeness (QED) is 0.111. The van der Waals surface area contributed by atoms with Gasteiger partial charge in [0.25, 0.3) is 0 Å². The number of fused-ring (bicyclic) bond motifs is 2. The highest BCUT2D eigenvalue weighted by molar-refractivity contribution is 7.49. The van der Waals surface area contributed by atoms with E-state index in [9.17, 15) is 9.67 Å². The number of aliphatic hydroxyl groups excluding tert-OH is 1. The first-order valence-corrected chi connectivity index (χ1v) is 18.6. The smallest absolute Gasteiger partial charge is 0.404 e. The Labute approximate surface area is 265 Å². The van der Waals surface area contributed by atoms with Crippen LogP contribution in [0.1, 0.15) is 125 Å². The SMILES string of the molecule is CCCCCCCCCCCCCCCCOP(=O)(Oc1ccccc1)OC1[C@@H]2OC(C)(C)O[C@@H]2C(O)[C@@H]2OC(C)(C)O[C@@H]12. The van der Waals surface area contributed by atoms with Gasteiger partial charge in [0.15, 0.2) is 11.6 Å². The summed E-state index contributed by atoms with van der Waals surface area (Å²) in [5, 5.41) is 11.1. The number of hydrogen-bond acceptors (Lipinski definition) is 9. The van der Waals surface area contributed by atoms with Gasteiger partial charge in [0.05, 0.1) is 6.61 Å². The van der Waals surface area contributed by atoms with Crippen LogP contribution in [0.4, 0.5) is 0 Å². The molecule has 2 saturated heterocycles.